The normalized spacial score (nSPS) is 14.4. The molecule has 0 saturated carbocycles. The lowest BCUT2D eigenvalue weighted by Gasteiger charge is -2.32. The maximum Gasteiger partial charge on any atom is 0.253 e. The summed E-state index contributed by atoms with van der Waals surface area (Å²) < 4.78 is 0. The Hall–Kier alpha value is -3.11. The van der Waals surface area contributed by atoms with Crippen LogP contribution < -0.4 is 5.32 Å². The summed E-state index contributed by atoms with van der Waals surface area (Å²) >= 11 is 5.96. The highest BCUT2D eigenvalue weighted by molar-refractivity contribution is 6.30. The zero-order valence-corrected chi connectivity index (χ0v) is 17.3. The van der Waals surface area contributed by atoms with Crippen molar-refractivity contribution < 1.29 is 9.59 Å². The van der Waals surface area contributed by atoms with Gasteiger partial charge in [0.15, 0.2) is 0 Å². The summed E-state index contributed by atoms with van der Waals surface area (Å²) in [5.74, 6) is -0.0898. The van der Waals surface area contributed by atoms with Gasteiger partial charge in [-0.3, -0.25) is 9.59 Å². The zero-order chi connectivity index (χ0) is 20.9. The van der Waals surface area contributed by atoms with Crippen LogP contribution in [-0.4, -0.2) is 35.8 Å². The Balaban J connectivity index is 1.32. The Morgan fingerprint density at radius 3 is 2.13 bits per heavy atom. The first-order chi connectivity index (χ1) is 14.6. The number of benzene rings is 3. The largest absolute Gasteiger partial charge is 0.349 e. The van der Waals surface area contributed by atoms with Gasteiger partial charge in [0.05, 0.1) is 0 Å². The summed E-state index contributed by atoms with van der Waals surface area (Å²) in [4.78, 5) is 27.1. The molecule has 0 aliphatic carbocycles. The summed E-state index contributed by atoms with van der Waals surface area (Å²) in [7, 11) is 0. The van der Waals surface area contributed by atoms with Gasteiger partial charge in [0.2, 0.25) is 0 Å². The summed E-state index contributed by atoms with van der Waals surface area (Å²) in [5, 5.41) is 3.59. The summed E-state index contributed by atoms with van der Waals surface area (Å²) in [6, 6.07) is 24.8. The van der Waals surface area contributed by atoms with Crippen molar-refractivity contribution in [3.05, 3.63) is 95.0 Å². The van der Waals surface area contributed by atoms with E-state index in [-0.39, 0.29) is 17.9 Å². The maximum atomic E-state index is 12.9. The average molecular weight is 419 g/mol. The van der Waals surface area contributed by atoms with E-state index in [1.165, 1.54) is 0 Å². The second kappa shape index (κ2) is 9.14. The number of likely N-dealkylation sites (tertiary alicyclic amines) is 1. The van der Waals surface area contributed by atoms with Crippen molar-refractivity contribution in [1.82, 2.24) is 10.2 Å². The number of carbonyl (C=O) groups is 2. The Morgan fingerprint density at radius 1 is 0.800 bits per heavy atom. The molecule has 1 fully saturated rings. The van der Waals surface area contributed by atoms with Crippen LogP contribution in [0.1, 0.15) is 33.6 Å². The number of halogens is 1. The molecule has 0 aromatic heterocycles. The second-order valence-corrected chi connectivity index (χ2v) is 7.93. The summed E-state index contributed by atoms with van der Waals surface area (Å²) in [5.41, 5.74) is 3.47. The van der Waals surface area contributed by atoms with Gasteiger partial charge in [-0.05, 0) is 54.3 Å². The average Bonchev–Trinajstić information content (AvgIpc) is 2.80. The SMILES string of the molecule is O=C(NC1CCN(C(=O)c2ccc(-c3ccccc3)cc2)CC1)c1cccc(Cl)c1. The van der Waals surface area contributed by atoms with Crippen molar-refractivity contribution >= 4 is 23.4 Å². The molecule has 1 saturated heterocycles. The molecule has 0 bridgehead atoms. The van der Waals surface area contributed by atoms with Gasteiger partial charge in [-0.1, -0.05) is 60.1 Å². The van der Waals surface area contributed by atoms with Gasteiger partial charge in [-0.15, -0.1) is 0 Å². The molecular formula is C25H23ClN2O2. The second-order valence-electron chi connectivity index (χ2n) is 7.49. The molecule has 3 aromatic rings. The fourth-order valence-corrected chi connectivity index (χ4v) is 3.93. The lowest BCUT2D eigenvalue weighted by atomic mass is 10.0. The van der Waals surface area contributed by atoms with Gasteiger partial charge in [0.1, 0.15) is 0 Å². The van der Waals surface area contributed by atoms with E-state index in [1.807, 2.05) is 47.4 Å². The van der Waals surface area contributed by atoms with E-state index >= 15 is 0 Å². The summed E-state index contributed by atoms with van der Waals surface area (Å²) in [6.07, 6.45) is 1.47. The predicted molar refractivity (Wildman–Crippen MR) is 120 cm³/mol. The molecule has 4 nitrogen and oxygen atoms in total. The molecule has 4 rings (SSSR count). The predicted octanol–water partition coefficient (Wildman–Crippen LogP) is 5.04. The molecule has 1 N–H and O–H groups in total. The van der Waals surface area contributed by atoms with E-state index in [2.05, 4.69) is 17.4 Å². The number of nitrogens with zero attached hydrogens (tertiary/aromatic N) is 1. The van der Waals surface area contributed by atoms with Crippen LogP contribution in [0.15, 0.2) is 78.9 Å². The number of hydrogen-bond acceptors (Lipinski definition) is 2. The standard InChI is InChI=1S/C25H23ClN2O2/c26-22-8-4-7-21(17-22)24(29)27-23-13-15-28(16-14-23)25(30)20-11-9-19(10-12-20)18-5-2-1-3-6-18/h1-12,17,23H,13-16H2,(H,27,29). The lowest BCUT2D eigenvalue weighted by molar-refractivity contribution is 0.0698. The fraction of sp³-hybridized carbons (Fsp3) is 0.200. The molecule has 2 amide bonds. The molecule has 5 heteroatoms. The fourth-order valence-electron chi connectivity index (χ4n) is 3.74. The van der Waals surface area contributed by atoms with Crippen LogP contribution in [0, 0.1) is 0 Å². The first-order valence-electron chi connectivity index (χ1n) is 10.1. The molecule has 0 radical (unpaired) electrons. The lowest BCUT2D eigenvalue weighted by Crippen LogP contribution is -2.46. The van der Waals surface area contributed by atoms with Gasteiger partial charge >= 0.3 is 0 Å². The minimum atomic E-state index is -0.126. The Kier molecular flexibility index (Phi) is 6.15. The van der Waals surface area contributed by atoms with E-state index < -0.39 is 0 Å². The number of amides is 2. The van der Waals surface area contributed by atoms with Gasteiger partial charge in [0, 0.05) is 35.3 Å². The first kappa shape index (κ1) is 20.2. The van der Waals surface area contributed by atoms with Crippen LogP contribution in [0.5, 0.6) is 0 Å². The number of rotatable bonds is 4. The number of carbonyl (C=O) groups excluding carboxylic acids is 2. The quantitative estimate of drug-likeness (QED) is 0.645. The van der Waals surface area contributed by atoms with Crippen LogP contribution in [0.25, 0.3) is 11.1 Å². The highest BCUT2D eigenvalue weighted by Crippen LogP contribution is 2.21. The molecule has 30 heavy (non-hydrogen) atoms. The monoisotopic (exact) mass is 418 g/mol. The smallest absolute Gasteiger partial charge is 0.253 e. The molecule has 152 valence electrons. The van der Waals surface area contributed by atoms with E-state index in [0.717, 1.165) is 24.0 Å². The van der Waals surface area contributed by atoms with Crippen molar-refractivity contribution in [2.75, 3.05) is 13.1 Å². The molecule has 1 aliphatic heterocycles. The van der Waals surface area contributed by atoms with Gasteiger partial charge in [-0.25, -0.2) is 0 Å². The van der Waals surface area contributed by atoms with E-state index in [0.29, 0.717) is 29.2 Å². The van der Waals surface area contributed by atoms with Crippen LogP contribution in [-0.2, 0) is 0 Å². The van der Waals surface area contributed by atoms with Gasteiger partial charge in [-0.2, -0.15) is 0 Å². The van der Waals surface area contributed by atoms with Gasteiger partial charge in [0.25, 0.3) is 11.8 Å². The van der Waals surface area contributed by atoms with Crippen molar-refractivity contribution in [3.8, 4) is 11.1 Å². The highest BCUT2D eigenvalue weighted by Gasteiger charge is 2.25. The number of nitrogens with one attached hydrogen (secondary N) is 1. The molecule has 1 heterocycles. The molecule has 0 spiro atoms. The van der Waals surface area contributed by atoms with E-state index in [1.54, 1.807) is 24.3 Å². The zero-order valence-electron chi connectivity index (χ0n) is 16.6. The topological polar surface area (TPSA) is 49.4 Å². The Morgan fingerprint density at radius 2 is 1.47 bits per heavy atom. The Bertz CT molecular complexity index is 1030. The molecule has 0 atom stereocenters. The third kappa shape index (κ3) is 4.71. The maximum absolute atomic E-state index is 12.9. The van der Waals surface area contributed by atoms with Crippen molar-refractivity contribution in [3.63, 3.8) is 0 Å². The molecule has 1 aliphatic rings. The van der Waals surface area contributed by atoms with Gasteiger partial charge < -0.3 is 10.2 Å². The van der Waals surface area contributed by atoms with Crippen molar-refractivity contribution in [2.45, 2.75) is 18.9 Å². The van der Waals surface area contributed by atoms with E-state index in [4.69, 9.17) is 11.6 Å². The van der Waals surface area contributed by atoms with Crippen LogP contribution in [0.3, 0.4) is 0 Å². The summed E-state index contributed by atoms with van der Waals surface area (Å²) in [6.45, 7) is 1.25. The van der Waals surface area contributed by atoms with Crippen LogP contribution >= 0.6 is 11.6 Å². The minimum Gasteiger partial charge on any atom is -0.349 e. The number of piperidine rings is 1. The Labute approximate surface area is 181 Å². The number of hydrogen-bond donors (Lipinski definition) is 1. The minimum absolute atomic E-state index is 0.0363. The molecular weight excluding hydrogens is 396 g/mol. The first-order valence-corrected chi connectivity index (χ1v) is 10.5. The third-order valence-corrected chi connectivity index (χ3v) is 5.68. The van der Waals surface area contributed by atoms with Crippen LogP contribution in [0.4, 0.5) is 0 Å². The third-order valence-electron chi connectivity index (χ3n) is 5.44. The van der Waals surface area contributed by atoms with Crippen LogP contribution in [0.2, 0.25) is 5.02 Å². The van der Waals surface area contributed by atoms with Crippen molar-refractivity contribution in [2.24, 2.45) is 0 Å². The highest BCUT2D eigenvalue weighted by atomic mass is 35.5. The van der Waals surface area contributed by atoms with E-state index in [9.17, 15) is 9.59 Å². The molecule has 0 unspecified atom stereocenters. The van der Waals surface area contributed by atoms with Crippen molar-refractivity contribution in [1.29, 1.82) is 0 Å². The molecule has 3 aromatic carbocycles.